The number of aromatic nitrogens is 4. The summed E-state index contributed by atoms with van der Waals surface area (Å²) in [6, 6.07) is 7.86. The second-order valence-corrected chi connectivity index (χ2v) is 6.49. The highest BCUT2D eigenvalue weighted by Gasteiger charge is 2.17. The van der Waals surface area contributed by atoms with Crippen molar-refractivity contribution in [2.45, 2.75) is 39.7 Å². The molecule has 3 rings (SSSR count). The van der Waals surface area contributed by atoms with Gasteiger partial charge < -0.3 is 5.11 Å². The highest BCUT2D eigenvalue weighted by atomic mass is 16.3. The Balaban J connectivity index is 2.15. The zero-order chi connectivity index (χ0) is 17.3. The molecule has 0 unspecified atom stereocenters. The molecule has 0 atom stereocenters. The van der Waals surface area contributed by atoms with Crippen molar-refractivity contribution in [1.29, 1.82) is 0 Å². The summed E-state index contributed by atoms with van der Waals surface area (Å²) in [6.07, 6.45) is 5.25. The Morgan fingerprint density at radius 1 is 1.08 bits per heavy atom. The number of rotatable bonds is 4. The van der Waals surface area contributed by atoms with Crippen molar-refractivity contribution in [1.82, 2.24) is 19.7 Å². The number of benzene rings is 1. The normalized spacial score (nSPS) is 11.4. The number of phenolic OH excluding ortho intramolecular Hbond substituents is 1. The summed E-state index contributed by atoms with van der Waals surface area (Å²) in [5.74, 6) is 0.573. The lowest BCUT2D eigenvalue weighted by Gasteiger charge is -2.10. The average Bonchev–Trinajstić information content (AvgIpc) is 3.01. The maximum absolute atomic E-state index is 10.3. The highest BCUT2D eigenvalue weighted by molar-refractivity contribution is 5.79. The SMILES string of the molecule is CC(C)c1ccc(-c2nn(C(C)C)cc2-c2ccncn2)cc1O. The first kappa shape index (κ1) is 16.2. The number of aromatic hydroxyl groups is 1. The van der Waals surface area contributed by atoms with E-state index in [4.69, 9.17) is 5.10 Å². The molecule has 24 heavy (non-hydrogen) atoms. The lowest BCUT2D eigenvalue weighted by atomic mass is 9.98. The summed E-state index contributed by atoms with van der Waals surface area (Å²) in [7, 11) is 0. The van der Waals surface area contributed by atoms with Crippen molar-refractivity contribution in [3.05, 3.63) is 48.5 Å². The van der Waals surface area contributed by atoms with Gasteiger partial charge in [-0.2, -0.15) is 5.10 Å². The van der Waals surface area contributed by atoms with E-state index in [9.17, 15) is 5.11 Å². The molecule has 0 aliphatic carbocycles. The van der Waals surface area contributed by atoms with Crippen LogP contribution in [0.1, 0.15) is 45.2 Å². The Bertz CT molecular complexity index is 838. The topological polar surface area (TPSA) is 63.8 Å². The molecule has 5 heteroatoms. The fourth-order valence-electron chi connectivity index (χ4n) is 2.69. The van der Waals surface area contributed by atoms with Crippen LogP contribution in [0.25, 0.3) is 22.5 Å². The van der Waals surface area contributed by atoms with Crippen LogP contribution in [0.5, 0.6) is 5.75 Å². The van der Waals surface area contributed by atoms with Crippen LogP contribution in [0.2, 0.25) is 0 Å². The molecule has 0 saturated heterocycles. The van der Waals surface area contributed by atoms with Crippen molar-refractivity contribution in [3.63, 3.8) is 0 Å². The molecule has 0 fully saturated rings. The minimum atomic E-state index is 0.239. The lowest BCUT2D eigenvalue weighted by molar-refractivity contribution is 0.465. The molecule has 0 saturated carbocycles. The van der Waals surface area contributed by atoms with Crippen molar-refractivity contribution in [3.8, 4) is 28.3 Å². The van der Waals surface area contributed by atoms with E-state index in [1.807, 2.05) is 29.1 Å². The summed E-state index contributed by atoms with van der Waals surface area (Å²) in [5, 5.41) is 15.1. The summed E-state index contributed by atoms with van der Waals surface area (Å²) in [4.78, 5) is 8.33. The van der Waals surface area contributed by atoms with E-state index in [-0.39, 0.29) is 12.0 Å². The highest BCUT2D eigenvalue weighted by Crippen LogP contribution is 2.35. The standard InChI is InChI=1S/C19H22N4O/c1-12(2)15-6-5-14(9-18(15)24)19-16(10-23(22-19)13(3)4)17-7-8-20-11-21-17/h5-13,24H,1-4H3. The molecular formula is C19H22N4O. The molecule has 0 aliphatic rings. The van der Waals surface area contributed by atoms with E-state index in [2.05, 4.69) is 37.7 Å². The van der Waals surface area contributed by atoms with E-state index < -0.39 is 0 Å². The number of hydrogen-bond donors (Lipinski definition) is 1. The van der Waals surface area contributed by atoms with Gasteiger partial charge in [-0.15, -0.1) is 0 Å². The molecule has 5 nitrogen and oxygen atoms in total. The van der Waals surface area contributed by atoms with Crippen LogP contribution in [0.3, 0.4) is 0 Å². The molecule has 0 bridgehead atoms. The largest absolute Gasteiger partial charge is 0.508 e. The Morgan fingerprint density at radius 2 is 1.88 bits per heavy atom. The third-order valence-corrected chi connectivity index (χ3v) is 4.04. The lowest BCUT2D eigenvalue weighted by Crippen LogP contribution is -2.00. The molecular weight excluding hydrogens is 300 g/mol. The van der Waals surface area contributed by atoms with Crippen molar-refractivity contribution in [2.75, 3.05) is 0 Å². The molecule has 1 aromatic carbocycles. The van der Waals surface area contributed by atoms with Crippen LogP contribution in [-0.4, -0.2) is 24.9 Å². The smallest absolute Gasteiger partial charge is 0.119 e. The molecule has 0 amide bonds. The van der Waals surface area contributed by atoms with Gasteiger partial charge in [0.2, 0.25) is 0 Å². The number of nitrogens with zero attached hydrogens (tertiary/aromatic N) is 4. The van der Waals surface area contributed by atoms with Gasteiger partial charge in [-0.05, 0) is 37.5 Å². The number of phenols is 1. The quantitative estimate of drug-likeness (QED) is 0.772. The van der Waals surface area contributed by atoms with Gasteiger partial charge in [-0.3, -0.25) is 4.68 Å². The first-order chi connectivity index (χ1) is 11.5. The molecule has 2 aromatic heterocycles. The van der Waals surface area contributed by atoms with Crippen LogP contribution >= 0.6 is 0 Å². The van der Waals surface area contributed by atoms with Gasteiger partial charge in [0.15, 0.2) is 0 Å². The molecule has 0 spiro atoms. The molecule has 3 aromatic rings. The van der Waals surface area contributed by atoms with E-state index in [0.29, 0.717) is 5.75 Å². The fourth-order valence-corrected chi connectivity index (χ4v) is 2.69. The van der Waals surface area contributed by atoms with Gasteiger partial charge >= 0.3 is 0 Å². The second-order valence-electron chi connectivity index (χ2n) is 6.49. The monoisotopic (exact) mass is 322 g/mol. The van der Waals surface area contributed by atoms with Crippen LogP contribution in [0.15, 0.2) is 43.0 Å². The molecule has 0 aliphatic heterocycles. The van der Waals surface area contributed by atoms with Crippen molar-refractivity contribution >= 4 is 0 Å². The van der Waals surface area contributed by atoms with Crippen LogP contribution < -0.4 is 0 Å². The fraction of sp³-hybridized carbons (Fsp3) is 0.316. The van der Waals surface area contributed by atoms with Crippen LogP contribution in [0, 0.1) is 0 Å². The van der Waals surface area contributed by atoms with E-state index in [1.54, 1.807) is 12.3 Å². The Hall–Kier alpha value is -2.69. The van der Waals surface area contributed by atoms with Crippen LogP contribution in [-0.2, 0) is 0 Å². The molecule has 2 heterocycles. The van der Waals surface area contributed by atoms with Gasteiger partial charge in [0, 0.05) is 29.6 Å². The predicted octanol–water partition coefficient (Wildman–Crippen LogP) is 4.42. The summed E-state index contributed by atoms with van der Waals surface area (Å²) in [6.45, 7) is 8.29. The third kappa shape index (κ3) is 3.02. The van der Waals surface area contributed by atoms with Crippen molar-refractivity contribution < 1.29 is 5.11 Å². The van der Waals surface area contributed by atoms with Gasteiger partial charge in [-0.1, -0.05) is 26.0 Å². The zero-order valence-corrected chi connectivity index (χ0v) is 14.4. The summed E-state index contributed by atoms with van der Waals surface area (Å²) in [5.41, 5.74) is 4.38. The average molecular weight is 322 g/mol. The second kappa shape index (κ2) is 6.43. The molecule has 1 N–H and O–H groups in total. The zero-order valence-electron chi connectivity index (χ0n) is 14.4. The molecule has 124 valence electrons. The van der Waals surface area contributed by atoms with E-state index in [1.165, 1.54) is 6.33 Å². The van der Waals surface area contributed by atoms with E-state index in [0.717, 1.165) is 28.1 Å². The van der Waals surface area contributed by atoms with Gasteiger partial charge in [0.05, 0.1) is 5.69 Å². The Kier molecular flexibility index (Phi) is 4.34. The minimum Gasteiger partial charge on any atom is -0.508 e. The number of hydrogen-bond acceptors (Lipinski definition) is 4. The maximum Gasteiger partial charge on any atom is 0.119 e. The van der Waals surface area contributed by atoms with Gasteiger partial charge in [0.1, 0.15) is 17.8 Å². The summed E-state index contributed by atoms with van der Waals surface area (Å²) < 4.78 is 1.92. The van der Waals surface area contributed by atoms with Gasteiger partial charge in [-0.25, -0.2) is 9.97 Å². The Morgan fingerprint density at radius 3 is 2.46 bits per heavy atom. The van der Waals surface area contributed by atoms with Crippen LogP contribution in [0.4, 0.5) is 0 Å². The maximum atomic E-state index is 10.3. The predicted molar refractivity (Wildman–Crippen MR) is 94.8 cm³/mol. The third-order valence-electron chi connectivity index (χ3n) is 4.04. The first-order valence-electron chi connectivity index (χ1n) is 8.16. The summed E-state index contributed by atoms with van der Waals surface area (Å²) >= 11 is 0. The van der Waals surface area contributed by atoms with Crippen molar-refractivity contribution in [2.24, 2.45) is 0 Å². The Labute approximate surface area is 142 Å². The minimum absolute atomic E-state index is 0.239. The van der Waals surface area contributed by atoms with Gasteiger partial charge in [0.25, 0.3) is 0 Å². The first-order valence-corrected chi connectivity index (χ1v) is 8.16. The molecule has 0 radical (unpaired) electrons. The van der Waals surface area contributed by atoms with E-state index >= 15 is 0 Å².